The highest BCUT2D eigenvalue weighted by molar-refractivity contribution is 7.98. The van der Waals surface area contributed by atoms with Crippen LogP contribution in [0, 0.1) is 0 Å². The highest BCUT2D eigenvalue weighted by Gasteiger charge is 2.12. The van der Waals surface area contributed by atoms with Gasteiger partial charge in [0, 0.05) is 17.3 Å². The zero-order valence-corrected chi connectivity index (χ0v) is 12.2. The Morgan fingerprint density at radius 1 is 1.15 bits per heavy atom. The van der Waals surface area contributed by atoms with Crippen LogP contribution in [0.4, 0.5) is 0 Å². The van der Waals surface area contributed by atoms with E-state index in [0.717, 1.165) is 11.1 Å². The van der Waals surface area contributed by atoms with E-state index < -0.39 is 0 Å². The molecule has 0 aliphatic rings. The van der Waals surface area contributed by atoms with Crippen molar-refractivity contribution in [2.45, 2.75) is 4.90 Å². The lowest BCUT2D eigenvalue weighted by Crippen LogP contribution is -2.03. The van der Waals surface area contributed by atoms with E-state index in [1.807, 2.05) is 36.6 Å². The summed E-state index contributed by atoms with van der Waals surface area (Å²) < 4.78 is 4.85. The van der Waals surface area contributed by atoms with E-state index in [0.29, 0.717) is 5.57 Å². The van der Waals surface area contributed by atoms with Gasteiger partial charge in [0.15, 0.2) is 0 Å². The topological polar surface area (TPSA) is 39.2 Å². The van der Waals surface area contributed by atoms with E-state index in [2.05, 4.69) is 4.98 Å². The Labute approximate surface area is 122 Å². The molecule has 3 nitrogen and oxygen atoms in total. The van der Waals surface area contributed by atoms with E-state index in [4.69, 9.17) is 4.74 Å². The second-order valence-electron chi connectivity index (χ2n) is 4.06. The third kappa shape index (κ3) is 3.48. The predicted molar refractivity (Wildman–Crippen MR) is 82.3 cm³/mol. The van der Waals surface area contributed by atoms with Crippen molar-refractivity contribution in [3.05, 3.63) is 59.9 Å². The lowest BCUT2D eigenvalue weighted by Gasteiger charge is -2.06. The molecule has 20 heavy (non-hydrogen) atoms. The second-order valence-corrected chi connectivity index (χ2v) is 4.94. The van der Waals surface area contributed by atoms with Crippen LogP contribution in [0.2, 0.25) is 0 Å². The van der Waals surface area contributed by atoms with Crippen LogP contribution in [0.3, 0.4) is 0 Å². The lowest BCUT2D eigenvalue weighted by molar-refractivity contribution is -0.133. The molecule has 0 radical (unpaired) electrons. The van der Waals surface area contributed by atoms with Gasteiger partial charge in [-0.25, -0.2) is 4.79 Å². The van der Waals surface area contributed by atoms with Gasteiger partial charge in [-0.2, -0.15) is 0 Å². The van der Waals surface area contributed by atoms with Crippen molar-refractivity contribution >= 4 is 29.4 Å². The minimum Gasteiger partial charge on any atom is -0.465 e. The number of carbonyl (C=O) groups is 1. The van der Waals surface area contributed by atoms with Gasteiger partial charge in [0.1, 0.15) is 0 Å². The van der Waals surface area contributed by atoms with E-state index >= 15 is 0 Å². The number of pyridine rings is 1. The number of nitrogens with zero attached hydrogens (tertiary/aromatic N) is 1. The fourth-order valence-electron chi connectivity index (χ4n) is 1.77. The average Bonchev–Trinajstić information content (AvgIpc) is 2.53. The first-order valence-electron chi connectivity index (χ1n) is 6.09. The summed E-state index contributed by atoms with van der Waals surface area (Å²) in [6.07, 6.45) is 7.17. The van der Waals surface area contributed by atoms with Crippen LogP contribution < -0.4 is 0 Å². The number of benzene rings is 1. The van der Waals surface area contributed by atoms with Crippen molar-refractivity contribution in [2.75, 3.05) is 13.4 Å². The van der Waals surface area contributed by atoms with Gasteiger partial charge >= 0.3 is 5.97 Å². The number of carbonyl (C=O) groups excluding carboxylic acids is 1. The van der Waals surface area contributed by atoms with Crippen LogP contribution in [0.1, 0.15) is 11.1 Å². The number of esters is 1. The third-order valence-electron chi connectivity index (χ3n) is 2.82. The van der Waals surface area contributed by atoms with E-state index in [-0.39, 0.29) is 5.97 Å². The molecular formula is C16H15NO2S. The van der Waals surface area contributed by atoms with Crippen LogP contribution >= 0.6 is 11.8 Å². The summed E-state index contributed by atoms with van der Waals surface area (Å²) in [6, 6.07) is 11.6. The maximum atomic E-state index is 11.9. The summed E-state index contributed by atoms with van der Waals surface area (Å²) >= 11 is 1.68. The fourth-order valence-corrected chi connectivity index (χ4v) is 2.18. The third-order valence-corrected chi connectivity index (χ3v) is 3.57. The molecule has 0 spiro atoms. The number of thioether (sulfide) groups is 1. The largest absolute Gasteiger partial charge is 0.465 e. The van der Waals surface area contributed by atoms with Crippen molar-refractivity contribution < 1.29 is 9.53 Å². The molecule has 2 aromatic rings. The molecule has 1 heterocycles. The summed E-state index contributed by atoms with van der Waals surface area (Å²) in [5.41, 5.74) is 2.27. The van der Waals surface area contributed by atoms with Gasteiger partial charge in [0.05, 0.1) is 12.7 Å². The second kappa shape index (κ2) is 6.91. The van der Waals surface area contributed by atoms with E-state index in [1.54, 1.807) is 36.3 Å². The Bertz CT molecular complexity index is 606. The van der Waals surface area contributed by atoms with Gasteiger partial charge in [-0.1, -0.05) is 12.1 Å². The number of hydrogen-bond acceptors (Lipinski definition) is 4. The van der Waals surface area contributed by atoms with E-state index in [9.17, 15) is 4.79 Å². The molecule has 0 saturated heterocycles. The van der Waals surface area contributed by atoms with Crippen molar-refractivity contribution in [3.63, 3.8) is 0 Å². The van der Waals surface area contributed by atoms with Gasteiger partial charge < -0.3 is 4.74 Å². The SMILES string of the molecule is COC(=O)/C(=C/c1ccc(SC)cc1)c1ccncc1. The average molecular weight is 285 g/mol. The van der Waals surface area contributed by atoms with Crippen molar-refractivity contribution in [1.82, 2.24) is 4.98 Å². The summed E-state index contributed by atoms with van der Waals surface area (Å²) in [5, 5.41) is 0. The zero-order chi connectivity index (χ0) is 14.4. The Morgan fingerprint density at radius 2 is 1.80 bits per heavy atom. The summed E-state index contributed by atoms with van der Waals surface area (Å²) in [4.78, 5) is 17.1. The number of hydrogen-bond donors (Lipinski definition) is 0. The maximum absolute atomic E-state index is 11.9. The minimum atomic E-state index is -0.356. The molecule has 2 rings (SSSR count). The van der Waals surface area contributed by atoms with E-state index in [1.165, 1.54) is 12.0 Å². The maximum Gasteiger partial charge on any atom is 0.338 e. The quantitative estimate of drug-likeness (QED) is 0.489. The Kier molecular flexibility index (Phi) is 4.96. The molecule has 0 bridgehead atoms. The van der Waals surface area contributed by atoms with Crippen molar-refractivity contribution in [3.8, 4) is 0 Å². The van der Waals surface area contributed by atoms with Crippen molar-refractivity contribution in [1.29, 1.82) is 0 Å². The standard InChI is InChI=1S/C16H15NO2S/c1-19-16(18)15(13-7-9-17-10-8-13)11-12-3-5-14(20-2)6-4-12/h3-11H,1-2H3/b15-11+. The number of aromatic nitrogens is 1. The minimum absolute atomic E-state index is 0.356. The number of rotatable bonds is 4. The number of methoxy groups -OCH3 is 1. The summed E-state index contributed by atoms with van der Waals surface area (Å²) in [7, 11) is 1.38. The first-order valence-corrected chi connectivity index (χ1v) is 7.31. The van der Waals surface area contributed by atoms with Gasteiger partial charge in [-0.3, -0.25) is 4.98 Å². The monoisotopic (exact) mass is 285 g/mol. The molecule has 0 N–H and O–H groups in total. The molecule has 1 aromatic heterocycles. The molecule has 0 atom stereocenters. The van der Waals surface area contributed by atoms with Crippen LogP contribution in [-0.2, 0) is 9.53 Å². The molecule has 0 saturated carbocycles. The smallest absolute Gasteiger partial charge is 0.338 e. The van der Waals surface area contributed by atoms with Gasteiger partial charge in [0.2, 0.25) is 0 Å². The van der Waals surface area contributed by atoms with Crippen LogP contribution in [0.5, 0.6) is 0 Å². The predicted octanol–water partition coefficient (Wildman–Crippen LogP) is 3.52. The molecule has 0 aliphatic heterocycles. The molecule has 0 unspecified atom stereocenters. The molecule has 0 fully saturated rings. The lowest BCUT2D eigenvalue weighted by atomic mass is 10.0. The molecule has 0 aliphatic carbocycles. The highest BCUT2D eigenvalue weighted by Crippen LogP contribution is 2.21. The fraction of sp³-hybridized carbons (Fsp3) is 0.125. The Morgan fingerprint density at radius 3 is 2.35 bits per heavy atom. The normalized spacial score (nSPS) is 11.2. The summed E-state index contributed by atoms with van der Waals surface area (Å²) in [5.74, 6) is -0.356. The summed E-state index contributed by atoms with van der Waals surface area (Å²) in [6.45, 7) is 0. The molecule has 4 heteroatoms. The Hall–Kier alpha value is -2.07. The highest BCUT2D eigenvalue weighted by atomic mass is 32.2. The molecule has 102 valence electrons. The number of ether oxygens (including phenoxy) is 1. The van der Waals surface area contributed by atoms with Crippen LogP contribution in [0.25, 0.3) is 11.6 Å². The van der Waals surface area contributed by atoms with Gasteiger partial charge in [-0.05, 0) is 47.7 Å². The Balaban J connectivity index is 2.40. The molecular weight excluding hydrogens is 270 g/mol. The molecule has 0 amide bonds. The first kappa shape index (κ1) is 14.3. The zero-order valence-electron chi connectivity index (χ0n) is 11.4. The first-order chi connectivity index (χ1) is 9.74. The molecule has 1 aromatic carbocycles. The van der Waals surface area contributed by atoms with Gasteiger partial charge in [-0.15, -0.1) is 11.8 Å². The van der Waals surface area contributed by atoms with Crippen LogP contribution in [0.15, 0.2) is 53.7 Å². The van der Waals surface area contributed by atoms with Crippen LogP contribution in [-0.4, -0.2) is 24.3 Å². The van der Waals surface area contributed by atoms with Gasteiger partial charge in [0.25, 0.3) is 0 Å². The van der Waals surface area contributed by atoms with Crippen molar-refractivity contribution in [2.24, 2.45) is 0 Å².